The van der Waals surface area contributed by atoms with Crippen molar-refractivity contribution in [1.82, 2.24) is 14.7 Å². The standard InChI is InChI=1S/C14H29F2N3/c1-17-8-4-6-14(15,16)7-5-9-18(2)11-13-19(3)12-10-17/h4-13H2,1-3H3. The van der Waals surface area contributed by atoms with Crippen LogP contribution in [0.5, 0.6) is 0 Å². The average Bonchev–Trinajstić information content (AvgIpc) is 2.32. The van der Waals surface area contributed by atoms with Gasteiger partial charge in [-0.3, -0.25) is 0 Å². The number of hydrogen-bond acceptors (Lipinski definition) is 3. The van der Waals surface area contributed by atoms with E-state index in [1.54, 1.807) is 0 Å². The Bertz CT molecular complexity index is 227. The Kier molecular flexibility index (Phi) is 7.18. The fourth-order valence-corrected chi connectivity index (χ4v) is 2.36. The Morgan fingerprint density at radius 2 is 0.947 bits per heavy atom. The second kappa shape index (κ2) is 8.12. The van der Waals surface area contributed by atoms with E-state index in [9.17, 15) is 8.78 Å². The Morgan fingerprint density at radius 3 is 1.32 bits per heavy atom. The zero-order valence-electron chi connectivity index (χ0n) is 12.7. The van der Waals surface area contributed by atoms with Crippen molar-refractivity contribution in [2.75, 3.05) is 60.4 Å². The Balaban J connectivity index is 2.46. The topological polar surface area (TPSA) is 9.72 Å². The number of halogens is 2. The molecule has 0 amide bonds. The average molecular weight is 277 g/mol. The fourth-order valence-electron chi connectivity index (χ4n) is 2.36. The van der Waals surface area contributed by atoms with Crippen LogP contribution in [0.25, 0.3) is 0 Å². The number of alkyl halides is 2. The molecule has 0 spiro atoms. The number of nitrogens with zero attached hydrogens (tertiary/aromatic N) is 3. The van der Waals surface area contributed by atoms with Crippen molar-refractivity contribution in [3.8, 4) is 0 Å². The van der Waals surface area contributed by atoms with Crippen molar-refractivity contribution < 1.29 is 8.78 Å². The summed E-state index contributed by atoms with van der Waals surface area (Å²) in [4.78, 5) is 6.62. The highest BCUT2D eigenvalue weighted by Gasteiger charge is 2.27. The molecule has 19 heavy (non-hydrogen) atoms. The number of rotatable bonds is 0. The molecule has 0 aromatic rings. The van der Waals surface area contributed by atoms with Crippen LogP contribution in [0.2, 0.25) is 0 Å². The van der Waals surface area contributed by atoms with Crippen molar-refractivity contribution in [3.63, 3.8) is 0 Å². The second-order valence-electron chi connectivity index (χ2n) is 5.97. The lowest BCUT2D eigenvalue weighted by atomic mass is 10.1. The third kappa shape index (κ3) is 7.80. The van der Waals surface area contributed by atoms with E-state index in [1.807, 2.05) is 14.1 Å². The molecule has 1 rings (SSSR count). The minimum absolute atomic E-state index is 0.0247. The summed E-state index contributed by atoms with van der Waals surface area (Å²) in [6, 6.07) is 0. The van der Waals surface area contributed by atoms with Gasteiger partial charge >= 0.3 is 0 Å². The highest BCUT2D eigenvalue weighted by molar-refractivity contribution is 4.70. The van der Waals surface area contributed by atoms with Gasteiger partial charge in [-0.1, -0.05) is 0 Å². The molecule has 0 bridgehead atoms. The smallest absolute Gasteiger partial charge is 0.248 e. The second-order valence-corrected chi connectivity index (χ2v) is 5.97. The van der Waals surface area contributed by atoms with E-state index in [1.165, 1.54) is 0 Å². The van der Waals surface area contributed by atoms with Crippen molar-refractivity contribution in [2.45, 2.75) is 31.6 Å². The summed E-state index contributed by atoms with van der Waals surface area (Å²) in [5.74, 6) is -2.48. The van der Waals surface area contributed by atoms with E-state index >= 15 is 0 Å². The predicted octanol–water partition coefficient (Wildman–Crippen LogP) is 1.99. The molecule has 3 nitrogen and oxygen atoms in total. The van der Waals surface area contributed by atoms with Crippen LogP contribution in [0.3, 0.4) is 0 Å². The van der Waals surface area contributed by atoms with Gasteiger partial charge in [-0.15, -0.1) is 0 Å². The molecule has 114 valence electrons. The van der Waals surface area contributed by atoms with Gasteiger partial charge in [0.25, 0.3) is 0 Å². The summed E-state index contributed by atoms with van der Waals surface area (Å²) in [7, 11) is 6.16. The molecular formula is C14H29F2N3. The molecule has 1 fully saturated rings. The molecule has 1 aliphatic rings. The predicted molar refractivity (Wildman–Crippen MR) is 75.9 cm³/mol. The van der Waals surface area contributed by atoms with Gasteiger partial charge in [0.15, 0.2) is 0 Å². The van der Waals surface area contributed by atoms with Crippen LogP contribution in [-0.4, -0.2) is 81.0 Å². The maximum Gasteiger partial charge on any atom is 0.248 e. The van der Waals surface area contributed by atoms with Crippen LogP contribution >= 0.6 is 0 Å². The van der Waals surface area contributed by atoms with Crippen LogP contribution in [0.1, 0.15) is 25.7 Å². The SMILES string of the molecule is CN1CCCC(F)(F)CCCN(C)CCN(C)CC1. The Hall–Kier alpha value is -0.260. The minimum Gasteiger partial charge on any atom is -0.305 e. The van der Waals surface area contributed by atoms with Gasteiger partial charge in [-0.25, -0.2) is 8.78 Å². The summed E-state index contributed by atoms with van der Waals surface area (Å²) >= 11 is 0. The van der Waals surface area contributed by atoms with Crippen molar-refractivity contribution >= 4 is 0 Å². The van der Waals surface area contributed by atoms with E-state index in [-0.39, 0.29) is 12.8 Å². The van der Waals surface area contributed by atoms with Gasteiger partial charge in [0.1, 0.15) is 0 Å². The molecule has 0 atom stereocenters. The summed E-state index contributed by atoms with van der Waals surface area (Å²) in [6.07, 6.45) is 1.22. The third-order valence-electron chi connectivity index (χ3n) is 3.89. The molecule has 0 aromatic carbocycles. The lowest BCUT2D eigenvalue weighted by molar-refractivity contribution is -0.0231. The lowest BCUT2D eigenvalue weighted by Crippen LogP contribution is -2.37. The monoisotopic (exact) mass is 277 g/mol. The zero-order chi connectivity index (χ0) is 14.3. The fraction of sp³-hybridized carbons (Fsp3) is 1.00. The quantitative estimate of drug-likeness (QED) is 0.670. The molecule has 0 saturated carbocycles. The number of hydrogen-bond donors (Lipinski definition) is 0. The van der Waals surface area contributed by atoms with Gasteiger partial charge in [0.2, 0.25) is 5.92 Å². The number of likely N-dealkylation sites (N-methyl/N-ethyl adjacent to an activating group) is 3. The van der Waals surface area contributed by atoms with E-state index in [2.05, 4.69) is 21.7 Å². The van der Waals surface area contributed by atoms with Gasteiger partial charge in [0, 0.05) is 39.0 Å². The molecular weight excluding hydrogens is 248 g/mol. The Morgan fingerprint density at radius 1 is 0.632 bits per heavy atom. The first-order valence-electron chi connectivity index (χ1n) is 7.32. The summed E-state index contributed by atoms with van der Waals surface area (Å²) < 4.78 is 27.3. The molecule has 0 N–H and O–H groups in total. The van der Waals surface area contributed by atoms with E-state index in [4.69, 9.17) is 0 Å². The maximum atomic E-state index is 13.6. The largest absolute Gasteiger partial charge is 0.305 e. The van der Waals surface area contributed by atoms with E-state index in [0.29, 0.717) is 12.8 Å². The summed E-state index contributed by atoms with van der Waals surface area (Å²) in [5, 5.41) is 0. The molecule has 0 radical (unpaired) electrons. The molecule has 0 aliphatic carbocycles. The first-order valence-corrected chi connectivity index (χ1v) is 7.32. The Labute approximate surface area is 116 Å². The van der Waals surface area contributed by atoms with Crippen molar-refractivity contribution in [3.05, 3.63) is 0 Å². The van der Waals surface area contributed by atoms with E-state index < -0.39 is 5.92 Å². The highest BCUT2D eigenvalue weighted by atomic mass is 19.3. The summed E-state index contributed by atoms with van der Waals surface area (Å²) in [5.41, 5.74) is 0. The normalized spacial score (nSPS) is 27.0. The van der Waals surface area contributed by atoms with Gasteiger partial charge in [-0.2, -0.15) is 0 Å². The first-order chi connectivity index (χ1) is 8.89. The van der Waals surface area contributed by atoms with Crippen LogP contribution < -0.4 is 0 Å². The van der Waals surface area contributed by atoms with Crippen molar-refractivity contribution in [2.24, 2.45) is 0 Å². The molecule has 1 saturated heterocycles. The zero-order valence-corrected chi connectivity index (χ0v) is 12.7. The maximum absolute atomic E-state index is 13.6. The molecule has 0 unspecified atom stereocenters. The first kappa shape index (κ1) is 16.8. The van der Waals surface area contributed by atoms with Gasteiger partial charge in [0.05, 0.1) is 0 Å². The highest BCUT2D eigenvalue weighted by Crippen LogP contribution is 2.26. The lowest BCUT2D eigenvalue weighted by Gasteiger charge is -2.26. The molecule has 1 heterocycles. The third-order valence-corrected chi connectivity index (χ3v) is 3.89. The molecule has 5 heteroatoms. The van der Waals surface area contributed by atoms with Crippen LogP contribution in [0.15, 0.2) is 0 Å². The molecule has 1 aliphatic heterocycles. The van der Waals surface area contributed by atoms with Crippen LogP contribution in [-0.2, 0) is 0 Å². The summed E-state index contributed by atoms with van der Waals surface area (Å²) in [6.45, 7) is 5.44. The van der Waals surface area contributed by atoms with Gasteiger partial charge in [-0.05, 0) is 47.1 Å². The van der Waals surface area contributed by atoms with E-state index in [0.717, 1.165) is 39.3 Å². The minimum atomic E-state index is -2.48. The molecule has 0 aromatic heterocycles. The van der Waals surface area contributed by atoms with Crippen molar-refractivity contribution in [1.29, 1.82) is 0 Å². The van der Waals surface area contributed by atoms with Crippen LogP contribution in [0.4, 0.5) is 8.78 Å². The van der Waals surface area contributed by atoms with Gasteiger partial charge < -0.3 is 14.7 Å². The van der Waals surface area contributed by atoms with Crippen LogP contribution in [0, 0.1) is 0 Å².